The molecule has 1 aromatic heterocycles. The predicted octanol–water partition coefficient (Wildman–Crippen LogP) is 3.29. The van der Waals surface area contributed by atoms with Crippen molar-refractivity contribution >= 4 is 16.6 Å². The number of hydrogen-bond donors (Lipinski definition) is 1. The molecule has 1 aromatic rings. The van der Waals surface area contributed by atoms with Gasteiger partial charge in [-0.3, -0.25) is 0 Å². The number of anilines is 1. The Kier molecular flexibility index (Phi) is 2.41. The molecule has 20 heavy (non-hydrogen) atoms. The minimum absolute atomic E-state index is 0.452. The van der Waals surface area contributed by atoms with E-state index in [4.69, 9.17) is 0 Å². The molecule has 0 spiro atoms. The Balaban J connectivity index is 2.00. The molecule has 0 bridgehead atoms. The molecular formula is C16H16N4. The quantitative estimate of drug-likeness (QED) is 0.732. The van der Waals surface area contributed by atoms with E-state index in [2.05, 4.69) is 58.7 Å². The summed E-state index contributed by atoms with van der Waals surface area (Å²) in [5, 5.41) is 11.7. The van der Waals surface area contributed by atoms with Gasteiger partial charge in [-0.1, -0.05) is 12.1 Å². The highest BCUT2D eigenvalue weighted by Crippen LogP contribution is 2.41. The fourth-order valence-electron chi connectivity index (χ4n) is 2.90. The van der Waals surface area contributed by atoms with Gasteiger partial charge in [0.1, 0.15) is 5.52 Å². The number of nitrogens with zero attached hydrogens (tertiary/aromatic N) is 3. The molecule has 0 aromatic carbocycles. The third-order valence-corrected chi connectivity index (χ3v) is 3.98. The Morgan fingerprint density at radius 3 is 2.90 bits per heavy atom. The maximum Gasteiger partial charge on any atom is 0.101 e. The van der Waals surface area contributed by atoms with Gasteiger partial charge in [0.15, 0.2) is 0 Å². The van der Waals surface area contributed by atoms with Crippen LogP contribution in [0.1, 0.15) is 19.4 Å². The molecule has 0 fully saturated rings. The van der Waals surface area contributed by atoms with E-state index >= 15 is 0 Å². The van der Waals surface area contributed by atoms with Crippen LogP contribution in [0.5, 0.6) is 0 Å². The monoisotopic (exact) mass is 264 g/mol. The molecule has 0 saturated carbocycles. The van der Waals surface area contributed by atoms with Gasteiger partial charge in [0.2, 0.25) is 0 Å². The summed E-state index contributed by atoms with van der Waals surface area (Å²) < 4.78 is 0. The van der Waals surface area contributed by atoms with Crippen LogP contribution in [0.25, 0.3) is 22.0 Å². The summed E-state index contributed by atoms with van der Waals surface area (Å²) >= 11 is 0. The molecule has 4 heteroatoms. The third-order valence-electron chi connectivity index (χ3n) is 3.98. The molecule has 1 N–H and O–H groups in total. The largest absolute Gasteiger partial charge is 0.318 e. The van der Waals surface area contributed by atoms with Crippen LogP contribution >= 0.6 is 0 Å². The highest BCUT2D eigenvalue weighted by molar-refractivity contribution is 6.00. The Bertz CT molecular complexity index is 766. The molecule has 4 nitrogen and oxygen atoms in total. The average Bonchev–Trinajstić information content (AvgIpc) is 2.81. The average molecular weight is 264 g/mol. The maximum atomic E-state index is 4.32. The first kappa shape index (κ1) is 11.6. The van der Waals surface area contributed by atoms with Crippen molar-refractivity contribution in [3.63, 3.8) is 0 Å². The van der Waals surface area contributed by atoms with E-state index < -0.39 is 0 Å². The van der Waals surface area contributed by atoms with Crippen molar-refractivity contribution in [2.45, 2.75) is 26.4 Å². The Hall–Kier alpha value is -2.20. The van der Waals surface area contributed by atoms with Crippen molar-refractivity contribution < 1.29 is 0 Å². The van der Waals surface area contributed by atoms with Gasteiger partial charge in [-0.2, -0.15) is 5.10 Å². The minimum atomic E-state index is 0.452. The van der Waals surface area contributed by atoms with Crippen LogP contribution in [0.4, 0.5) is 5.69 Å². The lowest BCUT2D eigenvalue weighted by Crippen LogP contribution is -2.37. The highest BCUT2D eigenvalue weighted by Gasteiger charge is 2.24. The summed E-state index contributed by atoms with van der Waals surface area (Å²) in [6.07, 6.45) is 1.75. The van der Waals surface area contributed by atoms with Gasteiger partial charge in [0, 0.05) is 29.1 Å². The predicted molar refractivity (Wildman–Crippen MR) is 80.5 cm³/mol. The summed E-state index contributed by atoms with van der Waals surface area (Å²) in [5.41, 5.74) is 9.43. The molecular weight excluding hydrogens is 248 g/mol. The molecule has 1 aliphatic heterocycles. The second-order valence-corrected chi connectivity index (χ2v) is 5.56. The van der Waals surface area contributed by atoms with Crippen molar-refractivity contribution in [2.24, 2.45) is 0 Å². The van der Waals surface area contributed by atoms with Crippen LogP contribution in [0, 0.1) is 0 Å². The van der Waals surface area contributed by atoms with Crippen molar-refractivity contribution in [1.29, 1.82) is 0 Å². The number of rotatable bonds is 1. The first-order valence-corrected chi connectivity index (χ1v) is 6.93. The van der Waals surface area contributed by atoms with Gasteiger partial charge in [-0.05, 0) is 37.6 Å². The molecule has 0 atom stereocenters. The number of nitrogens with one attached hydrogen (secondary N) is 1. The standard InChI is InChI=1S/C16H16N4/c1-10(2)20-9-12-4-3-11-7-8-17-18-16(11)13-5-6-14(19-20)15(12)13/h3-8,10,19H,9H2,1-2H3. The summed E-state index contributed by atoms with van der Waals surface area (Å²) in [6.45, 7) is 5.30. The molecule has 2 aliphatic carbocycles. The van der Waals surface area contributed by atoms with Gasteiger partial charge in [-0.25, -0.2) is 5.01 Å². The van der Waals surface area contributed by atoms with Crippen LogP contribution < -0.4 is 5.43 Å². The van der Waals surface area contributed by atoms with Gasteiger partial charge in [0.25, 0.3) is 0 Å². The fourth-order valence-corrected chi connectivity index (χ4v) is 2.90. The Morgan fingerprint density at radius 1 is 1.15 bits per heavy atom. The van der Waals surface area contributed by atoms with Crippen LogP contribution in [0.15, 0.2) is 36.5 Å². The summed E-state index contributed by atoms with van der Waals surface area (Å²) in [7, 11) is 0. The van der Waals surface area contributed by atoms with Gasteiger partial charge in [-0.15, -0.1) is 5.10 Å². The topological polar surface area (TPSA) is 41.1 Å². The van der Waals surface area contributed by atoms with E-state index in [-0.39, 0.29) is 0 Å². The Morgan fingerprint density at radius 2 is 2.05 bits per heavy atom. The van der Waals surface area contributed by atoms with Crippen LogP contribution in [-0.2, 0) is 6.54 Å². The van der Waals surface area contributed by atoms with Crippen molar-refractivity contribution in [1.82, 2.24) is 15.2 Å². The van der Waals surface area contributed by atoms with E-state index in [1.165, 1.54) is 16.7 Å². The van der Waals surface area contributed by atoms with Crippen LogP contribution in [-0.4, -0.2) is 21.2 Å². The third kappa shape index (κ3) is 1.58. The fraction of sp³-hybridized carbons (Fsp3) is 0.250. The second kappa shape index (κ2) is 4.15. The molecule has 0 saturated heterocycles. The smallest absolute Gasteiger partial charge is 0.101 e. The number of aromatic nitrogens is 2. The molecule has 0 unspecified atom stereocenters. The van der Waals surface area contributed by atoms with Crippen molar-refractivity contribution in [2.75, 3.05) is 5.43 Å². The zero-order valence-corrected chi connectivity index (χ0v) is 11.6. The first-order chi connectivity index (χ1) is 9.74. The normalized spacial score (nSPS) is 14.9. The van der Waals surface area contributed by atoms with Crippen molar-refractivity contribution in [3.05, 3.63) is 42.1 Å². The molecule has 4 rings (SSSR count). The first-order valence-electron chi connectivity index (χ1n) is 6.93. The Labute approximate surface area is 117 Å². The van der Waals surface area contributed by atoms with E-state index in [1.807, 2.05) is 6.07 Å². The molecule has 3 aliphatic rings. The van der Waals surface area contributed by atoms with Gasteiger partial charge in [0.05, 0.1) is 11.9 Å². The SMILES string of the molecule is CC(C)N1Cc2ccc3ccnnc3c3ccc(c2-3)N1. The van der Waals surface area contributed by atoms with Crippen molar-refractivity contribution in [3.8, 4) is 11.1 Å². The molecule has 0 amide bonds. The van der Waals surface area contributed by atoms with Crippen LogP contribution in [0.3, 0.4) is 0 Å². The zero-order valence-electron chi connectivity index (χ0n) is 11.6. The van der Waals surface area contributed by atoms with E-state index in [9.17, 15) is 0 Å². The van der Waals surface area contributed by atoms with Crippen LogP contribution in [0.2, 0.25) is 0 Å². The summed E-state index contributed by atoms with van der Waals surface area (Å²) in [4.78, 5) is 0. The molecule has 100 valence electrons. The van der Waals surface area contributed by atoms with Gasteiger partial charge < -0.3 is 5.43 Å². The molecule has 2 heterocycles. The maximum absolute atomic E-state index is 4.32. The van der Waals surface area contributed by atoms with E-state index in [1.54, 1.807) is 6.20 Å². The number of fused-ring (bicyclic) bond motifs is 2. The van der Waals surface area contributed by atoms with Gasteiger partial charge >= 0.3 is 0 Å². The number of hydrogen-bond acceptors (Lipinski definition) is 4. The number of hydrazine groups is 1. The van der Waals surface area contributed by atoms with E-state index in [0.29, 0.717) is 6.04 Å². The molecule has 0 radical (unpaired) electrons. The lowest BCUT2D eigenvalue weighted by Gasteiger charge is -2.32. The summed E-state index contributed by atoms with van der Waals surface area (Å²) in [5.74, 6) is 0. The zero-order chi connectivity index (χ0) is 13.7. The minimum Gasteiger partial charge on any atom is -0.318 e. The lowest BCUT2D eigenvalue weighted by molar-refractivity contribution is 0.258. The summed E-state index contributed by atoms with van der Waals surface area (Å²) in [6, 6.07) is 11.1. The lowest BCUT2D eigenvalue weighted by atomic mass is 10.0. The second-order valence-electron chi connectivity index (χ2n) is 5.56. The van der Waals surface area contributed by atoms with E-state index in [0.717, 1.165) is 23.1 Å². The highest BCUT2D eigenvalue weighted by atomic mass is 15.5.